The molecule has 0 aromatic heterocycles. The van der Waals surface area contributed by atoms with Crippen molar-refractivity contribution in [1.29, 1.82) is 0 Å². The third kappa shape index (κ3) is 5.77. The number of sulfonamides is 1. The Kier molecular flexibility index (Phi) is 7.38. The van der Waals surface area contributed by atoms with E-state index in [0.717, 1.165) is 12.8 Å². The maximum Gasteiger partial charge on any atom is 0.240 e. The number of unbranched alkanes of at least 4 members (excludes halogenated alkanes) is 1. The van der Waals surface area contributed by atoms with E-state index in [1.54, 1.807) is 24.0 Å². The van der Waals surface area contributed by atoms with Gasteiger partial charge < -0.3 is 10.2 Å². The Balaban J connectivity index is 1.96. The molecule has 2 rings (SSSR count). The fourth-order valence-electron chi connectivity index (χ4n) is 2.89. The lowest BCUT2D eigenvalue weighted by Crippen LogP contribution is -2.32. The Bertz CT molecular complexity index is 762. The number of anilines is 1. The predicted octanol–water partition coefficient (Wildman–Crippen LogP) is 2.35. The summed E-state index contributed by atoms with van der Waals surface area (Å²) in [4.78, 5) is 26.3. The van der Waals surface area contributed by atoms with Gasteiger partial charge in [-0.2, -0.15) is 0 Å². The quantitative estimate of drug-likeness (QED) is 0.671. The number of hydrogen-bond acceptors (Lipinski definition) is 4. The molecule has 1 fully saturated rings. The molecule has 0 radical (unpaired) electrons. The van der Waals surface area contributed by atoms with Crippen LogP contribution >= 0.6 is 0 Å². The van der Waals surface area contributed by atoms with Crippen molar-refractivity contribution in [1.82, 2.24) is 9.62 Å². The van der Waals surface area contributed by atoms with Gasteiger partial charge >= 0.3 is 0 Å². The summed E-state index contributed by atoms with van der Waals surface area (Å²) in [5.41, 5.74) is 0.516. The van der Waals surface area contributed by atoms with Gasteiger partial charge in [0, 0.05) is 31.2 Å². The van der Waals surface area contributed by atoms with E-state index in [9.17, 15) is 18.0 Å². The Morgan fingerprint density at radius 2 is 1.93 bits per heavy atom. The number of nitrogens with one attached hydrogen (secondary N) is 2. The lowest BCUT2D eigenvalue weighted by Gasteiger charge is -2.16. The van der Waals surface area contributed by atoms with Gasteiger partial charge in [-0.1, -0.05) is 20.3 Å². The topological polar surface area (TPSA) is 95.6 Å². The summed E-state index contributed by atoms with van der Waals surface area (Å²) in [5.74, 6) is -0.568. The zero-order valence-corrected chi connectivity index (χ0v) is 17.0. The predicted molar refractivity (Wildman–Crippen MR) is 105 cm³/mol. The first-order valence-electron chi connectivity index (χ1n) is 9.47. The van der Waals surface area contributed by atoms with Gasteiger partial charge in [0.2, 0.25) is 21.8 Å². The Morgan fingerprint density at radius 1 is 1.26 bits per heavy atom. The van der Waals surface area contributed by atoms with E-state index in [-0.39, 0.29) is 35.1 Å². The van der Waals surface area contributed by atoms with Gasteiger partial charge in [0.25, 0.3) is 0 Å². The monoisotopic (exact) mass is 395 g/mol. The van der Waals surface area contributed by atoms with Gasteiger partial charge in [0.1, 0.15) is 0 Å². The third-order valence-electron chi connectivity index (χ3n) is 4.77. The minimum atomic E-state index is -3.57. The van der Waals surface area contributed by atoms with E-state index in [1.807, 2.05) is 6.92 Å². The number of hydrogen-bond donors (Lipinski definition) is 2. The molecular formula is C19H29N3O4S. The number of carbonyl (C=O) groups excluding carboxylic acids is 2. The summed E-state index contributed by atoms with van der Waals surface area (Å²) in [6.45, 7) is 6.90. The van der Waals surface area contributed by atoms with Crippen LogP contribution in [0.2, 0.25) is 0 Å². The van der Waals surface area contributed by atoms with Gasteiger partial charge in [-0.05, 0) is 44.0 Å². The highest BCUT2D eigenvalue weighted by Crippen LogP contribution is 2.21. The molecule has 2 amide bonds. The molecular weight excluding hydrogens is 366 g/mol. The Hall–Kier alpha value is -1.93. The molecule has 0 aliphatic carbocycles. The minimum absolute atomic E-state index is 0.0150. The lowest BCUT2D eigenvalue weighted by molar-refractivity contribution is -0.128. The van der Waals surface area contributed by atoms with Crippen molar-refractivity contribution >= 4 is 27.5 Å². The van der Waals surface area contributed by atoms with Crippen LogP contribution in [0.25, 0.3) is 0 Å². The summed E-state index contributed by atoms with van der Waals surface area (Å²) in [6.07, 6.45) is 2.85. The van der Waals surface area contributed by atoms with Crippen LogP contribution in [-0.2, 0) is 19.6 Å². The van der Waals surface area contributed by atoms with Gasteiger partial charge in [0.05, 0.1) is 10.8 Å². The Morgan fingerprint density at radius 3 is 2.52 bits per heavy atom. The van der Waals surface area contributed by atoms with Crippen molar-refractivity contribution in [2.45, 2.75) is 57.4 Å². The third-order valence-corrected chi connectivity index (χ3v) is 6.37. The number of likely N-dealkylation sites (tertiary alicyclic amines) is 1. The Labute approximate surface area is 161 Å². The average Bonchev–Trinajstić information content (AvgIpc) is 3.01. The molecule has 7 nitrogen and oxygen atoms in total. The zero-order chi connectivity index (χ0) is 20.0. The van der Waals surface area contributed by atoms with Crippen molar-refractivity contribution < 1.29 is 18.0 Å². The van der Waals surface area contributed by atoms with Crippen LogP contribution in [0.3, 0.4) is 0 Å². The SMILES string of the molecule is CCCCN1C[C@H](C(=O)Nc2ccc(S(=O)(=O)N[C@H](C)CC)cc2)CC1=O. The molecule has 1 heterocycles. The molecule has 2 atom stereocenters. The van der Waals surface area contributed by atoms with Crippen molar-refractivity contribution in [2.24, 2.45) is 5.92 Å². The highest BCUT2D eigenvalue weighted by molar-refractivity contribution is 7.89. The second-order valence-corrected chi connectivity index (χ2v) is 8.75. The van der Waals surface area contributed by atoms with Gasteiger partial charge in [0.15, 0.2) is 0 Å². The van der Waals surface area contributed by atoms with Gasteiger partial charge in [-0.25, -0.2) is 13.1 Å². The van der Waals surface area contributed by atoms with Crippen LogP contribution in [0.4, 0.5) is 5.69 Å². The number of amides is 2. The summed E-state index contributed by atoms with van der Waals surface area (Å²) >= 11 is 0. The smallest absolute Gasteiger partial charge is 0.240 e. The van der Waals surface area contributed by atoms with Gasteiger partial charge in [-0.3, -0.25) is 9.59 Å². The van der Waals surface area contributed by atoms with E-state index in [0.29, 0.717) is 25.2 Å². The first-order valence-corrected chi connectivity index (χ1v) is 11.0. The molecule has 8 heteroatoms. The molecule has 0 bridgehead atoms. The molecule has 27 heavy (non-hydrogen) atoms. The number of nitrogens with zero attached hydrogens (tertiary/aromatic N) is 1. The maximum atomic E-state index is 12.4. The fraction of sp³-hybridized carbons (Fsp3) is 0.579. The standard InChI is InChI=1S/C19H29N3O4S/c1-4-6-11-22-13-15(12-18(22)23)19(24)20-16-7-9-17(10-8-16)27(25,26)21-14(3)5-2/h7-10,14-15,21H,4-6,11-13H2,1-3H3,(H,20,24)/t14-,15-/m1/s1. The molecule has 0 saturated carbocycles. The summed E-state index contributed by atoms with van der Waals surface area (Å²) < 4.78 is 27.1. The second-order valence-electron chi connectivity index (χ2n) is 7.04. The first-order chi connectivity index (χ1) is 12.8. The average molecular weight is 396 g/mol. The van der Waals surface area contributed by atoms with Crippen molar-refractivity contribution in [3.8, 4) is 0 Å². The molecule has 1 aliphatic heterocycles. The second kappa shape index (κ2) is 9.32. The van der Waals surface area contributed by atoms with E-state index < -0.39 is 10.0 Å². The van der Waals surface area contributed by atoms with E-state index in [4.69, 9.17) is 0 Å². The molecule has 150 valence electrons. The first kappa shape index (κ1) is 21.4. The van der Waals surface area contributed by atoms with Gasteiger partial charge in [-0.15, -0.1) is 0 Å². The molecule has 1 aromatic rings. The molecule has 2 N–H and O–H groups in total. The van der Waals surface area contributed by atoms with Crippen LogP contribution in [0.5, 0.6) is 0 Å². The normalized spacial score (nSPS) is 18.6. The molecule has 1 saturated heterocycles. The molecule has 0 spiro atoms. The summed E-state index contributed by atoms with van der Waals surface area (Å²) in [7, 11) is -3.57. The number of rotatable bonds is 9. The van der Waals surface area contributed by atoms with Crippen LogP contribution in [0.15, 0.2) is 29.2 Å². The molecule has 0 unspecified atom stereocenters. The number of carbonyl (C=O) groups is 2. The largest absolute Gasteiger partial charge is 0.342 e. The molecule has 1 aromatic carbocycles. The maximum absolute atomic E-state index is 12.4. The van der Waals surface area contributed by atoms with Crippen molar-refractivity contribution in [3.63, 3.8) is 0 Å². The molecule has 1 aliphatic rings. The lowest BCUT2D eigenvalue weighted by atomic mass is 10.1. The highest BCUT2D eigenvalue weighted by Gasteiger charge is 2.33. The zero-order valence-electron chi connectivity index (χ0n) is 16.2. The van der Waals surface area contributed by atoms with E-state index in [1.165, 1.54) is 12.1 Å². The van der Waals surface area contributed by atoms with Crippen molar-refractivity contribution in [2.75, 3.05) is 18.4 Å². The van der Waals surface area contributed by atoms with E-state index >= 15 is 0 Å². The fourth-order valence-corrected chi connectivity index (χ4v) is 4.22. The highest BCUT2D eigenvalue weighted by atomic mass is 32.2. The summed E-state index contributed by atoms with van der Waals surface area (Å²) in [6, 6.07) is 5.91. The van der Waals surface area contributed by atoms with E-state index in [2.05, 4.69) is 17.0 Å². The minimum Gasteiger partial charge on any atom is -0.342 e. The van der Waals surface area contributed by atoms with Crippen LogP contribution in [-0.4, -0.2) is 44.3 Å². The van der Waals surface area contributed by atoms with Crippen LogP contribution < -0.4 is 10.0 Å². The summed E-state index contributed by atoms with van der Waals surface area (Å²) in [5, 5.41) is 2.78. The van der Waals surface area contributed by atoms with Crippen LogP contribution in [0, 0.1) is 5.92 Å². The van der Waals surface area contributed by atoms with Crippen LogP contribution in [0.1, 0.15) is 46.5 Å². The number of benzene rings is 1. The van der Waals surface area contributed by atoms with Crippen molar-refractivity contribution in [3.05, 3.63) is 24.3 Å².